The topological polar surface area (TPSA) is 119 Å². The number of rotatable bonds is 7. The molecule has 3 aliphatic rings. The highest BCUT2D eigenvalue weighted by Crippen LogP contribution is 2.31. The summed E-state index contributed by atoms with van der Waals surface area (Å²) in [5.74, 6) is -2.07. The van der Waals surface area contributed by atoms with Crippen LogP contribution >= 0.6 is 0 Å². The molecule has 9 heteroatoms. The quantitative estimate of drug-likeness (QED) is 0.511. The first-order chi connectivity index (χ1) is 16.3. The Balaban J connectivity index is 1.43. The molecule has 3 N–H and O–H groups in total. The molecule has 34 heavy (non-hydrogen) atoms. The molecule has 9 nitrogen and oxygen atoms in total. The van der Waals surface area contributed by atoms with E-state index in [0.29, 0.717) is 38.3 Å². The molecule has 1 unspecified atom stereocenters. The van der Waals surface area contributed by atoms with Crippen molar-refractivity contribution in [3.63, 3.8) is 0 Å². The third-order valence-corrected chi connectivity index (χ3v) is 6.62. The highest BCUT2D eigenvalue weighted by molar-refractivity contribution is 6.24. The molecule has 0 spiro atoms. The first kappa shape index (κ1) is 22.4. The van der Waals surface area contributed by atoms with E-state index in [9.17, 15) is 24.3 Å². The summed E-state index contributed by atoms with van der Waals surface area (Å²) in [6.07, 6.45) is 0.194. The Hall–Kier alpha value is -3.40. The van der Waals surface area contributed by atoms with Crippen molar-refractivity contribution in [2.24, 2.45) is 0 Å². The molecule has 5 rings (SSSR count). The largest absolute Gasteiger partial charge is 0.386 e. The first-order valence-electron chi connectivity index (χ1n) is 11.4. The van der Waals surface area contributed by atoms with Gasteiger partial charge in [-0.2, -0.15) is 0 Å². The van der Waals surface area contributed by atoms with E-state index < -0.39 is 35.3 Å². The maximum atomic E-state index is 13.4. The molecule has 2 fully saturated rings. The highest BCUT2D eigenvalue weighted by Gasteiger charge is 2.45. The summed E-state index contributed by atoms with van der Waals surface area (Å²) >= 11 is 0. The summed E-state index contributed by atoms with van der Waals surface area (Å²) in [5, 5.41) is 16.1. The Morgan fingerprint density at radius 2 is 1.74 bits per heavy atom. The number of piperidine rings is 1. The fraction of sp³-hybridized carbons (Fsp3) is 0.360. The molecule has 2 aromatic carbocycles. The number of amides is 4. The minimum Gasteiger partial charge on any atom is -0.386 e. The van der Waals surface area contributed by atoms with Crippen LogP contribution in [0.2, 0.25) is 0 Å². The minimum absolute atomic E-state index is 0.0775. The lowest BCUT2D eigenvalue weighted by Crippen LogP contribution is -2.64. The number of carbonyl (C=O) groups excluding carboxylic acids is 4. The normalized spacial score (nSPS) is 21.5. The van der Waals surface area contributed by atoms with Gasteiger partial charge < -0.3 is 10.4 Å². The van der Waals surface area contributed by atoms with E-state index in [2.05, 4.69) is 15.5 Å². The number of carbonyl (C=O) groups is 4. The Morgan fingerprint density at radius 3 is 2.41 bits per heavy atom. The van der Waals surface area contributed by atoms with Gasteiger partial charge in [0.1, 0.15) is 11.6 Å². The van der Waals surface area contributed by atoms with Crippen molar-refractivity contribution >= 4 is 23.6 Å². The Morgan fingerprint density at radius 1 is 0.971 bits per heavy atom. The second-order valence-corrected chi connectivity index (χ2v) is 9.25. The van der Waals surface area contributed by atoms with Gasteiger partial charge in [0.05, 0.1) is 11.1 Å². The van der Waals surface area contributed by atoms with Crippen LogP contribution in [0.15, 0.2) is 48.5 Å². The van der Waals surface area contributed by atoms with Gasteiger partial charge in [0.25, 0.3) is 11.8 Å². The average Bonchev–Trinajstić information content (AvgIpc) is 3.04. The monoisotopic (exact) mass is 462 g/mol. The lowest BCUT2D eigenvalue weighted by atomic mass is 9.95. The lowest BCUT2D eigenvalue weighted by Gasteiger charge is -2.41. The first-order valence-corrected chi connectivity index (χ1v) is 11.4. The van der Waals surface area contributed by atoms with Gasteiger partial charge in [-0.05, 0) is 23.6 Å². The van der Waals surface area contributed by atoms with Gasteiger partial charge >= 0.3 is 0 Å². The van der Waals surface area contributed by atoms with Crippen molar-refractivity contribution in [2.45, 2.75) is 37.6 Å². The number of β-amino-alcohol motifs (C(OH)–C–C–N with tert-alkyl or cyclic N) is 1. The third kappa shape index (κ3) is 4.13. The van der Waals surface area contributed by atoms with Gasteiger partial charge in [-0.1, -0.05) is 42.5 Å². The number of aliphatic hydroxyl groups is 1. The van der Waals surface area contributed by atoms with E-state index in [4.69, 9.17) is 0 Å². The molecule has 2 saturated heterocycles. The lowest BCUT2D eigenvalue weighted by molar-refractivity contribution is -0.136. The Bertz CT molecular complexity index is 1160. The summed E-state index contributed by atoms with van der Waals surface area (Å²) in [7, 11) is 0. The van der Waals surface area contributed by atoms with Crippen LogP contribution < -0.4 is 10.6 Å². The molecule has 2 aromatic rings. The van der Waals surface area contributed by atoms with Gasteiger partial charge in [0.2, 0.25) is 11.8 Å². The summed E-state index contributed by atoms with van der Waals surface area (Å²) < 4.78 is 0. The van der Waals surface area contributed by atoms with Crippen LogP contribution in [-0.4, -0.2) is 69.8 Å². The smallest absolute Gasteiger partial charge is 0.262 e. The van der Waals surface area contributed by atoms with Gasteiger partial charge in [0.15, 0.2) is 0 Å². The molecule has 3 heterocycles. The SMILES string of the molecule is O=C1CCC(N2C(=O)c3cccc(CN(Cc4ccccc4)CC4(O)CNC4)c3C2=O)C(=O)N1. The number of imide groups is 2. The van der Waals surface area contributed by atoms with E-state index in [1.165, 1.54) is 0 Å². The predicted molar refractivity (Wildman–Crippen MR) is 121 cm³/mol. The molecule has 0 saturated carbocycles. The maximum absolute atomic E-state index is 13.4. The molecule has 0 aromatic heterocycles. The van der Waals surface area contributed by atoms with E-state index in [1.54, 1.807) is 18.2 Å². The van der Waals surface area contributed by atoms with Crippen molar-refractivity contribution in [3.8, 4) is 0 Å². The predicted octanol–water partition coefficient (Wildman–Crippen LogP) is 0.424. The fourth-order valence-electron chi connectivity index (χ4n) is 4.91. The van der Waals surface area contributed by atoms with Crippen molar-refractivity contribution in [1.82, 2.24) is 20.4 Å². The molecule has 3 aliphatic heterocycles. The number of hydrogen-bond acceptors (Lipinski definition) is 7. The second kappa shape index (κ2) is 8.75. The number of nitrogens with zero attached hydrogens (tertiary/aromatic N) is 2. The number of benzene rings is 2. The van der Waals surface area contributed by atoms with E-state index in [0.717, 1.165) is 10.5 Å². The minimum atomic E-state index is -1.000. The van der Waals surface area contributed by atoms with Gasteiger partial charge in [-0.15, -0.1) is 0 Å². The van der Waals surface area contributed by atoms with Crippen molar-refractivity contribution in [1.29, 1.82) is 0 Å². The van der Waals surface area contributed by atoms with Crippen LogP contribution in [0.1, 0.15) is 44.7 Å². The molecule has 0 radical (unpaired) electrons. The number of nitrogens with one attached hydrogen (secondary N) is 2. The number of hydrogen-bond donors (Lipinski definition) is 3. The molecule has 1 atom stereocenters. The van der Waals surface area contributed by atoms with Gasteiger partial charge in [0, 0.05) is 39.1 Å². The fourth-order valence-corrected chi connectivity index (χ4v) is 4.91. The zero-order valence-corrected chi connectivity index (χ0v) is 18.6. The van der Waals surface area contributed by atoms with E-state index in [-0.39, 0.29) is 24.0 Å². The zero-order valence-electron chi connectivity index (χ0n) is 18.6. The summed E-state index contributed by atoms with van der Waals surface area (Å²) in [6, 6.07) is 14.0. The highest BCUT2D eigenvalue weighted by atomic mass is 16.3. The van der Waals surface area contributed by atoms with E-state index in [1.807, 2.05) is 30.3 Å². The average molecular weight is 463 g/mol. The van der Waals surface area contributed by atoms with Crippen LogP contribution in [0.25, 0.3) is 0 Å². The number of fused-ring (bicyclic) bond motifs is 1. The Kier molecular flexibility index (Phi) is 5.76. The third-order valence-electron chi connectivity index (χ3n) is 6.62. The standard InChI is InChI=1S/C25H26N4O5/c30-20-10-9-19(22(31)27-20)29-23(32)18-8-4-7-17(21(18)24(29)33)12-28(15-25(34)13-26-14-25)11-16-5-2-1-3-6-16/h1-8,19,26,34H,9-15H2,(H,27,30,31). The van der Waals surface area contributed by atoms with Crippen LogP contribution in [0, 0.1) is 0 Å². The molecule has 4 amide bonds. The zero-order chi connectivity index (χ0) is 23.9. The van der Waals surface area contributed by atoms with Crippen LogP contribution in [0.5, 0.6) is 0 Å². The van der Waals surface area contributed by atoms with Crippen LogP contribution in [-0.2, 0) is 22.7 Å². The maximum Gasteiger partial charge on any atom is 0.262 e. The van der Waals surface area contributed by atoms with Crippen LogP contribution in [0.3, 0.4) is 0 Å². The molecule has 0 bridgehead atoms. The summed E-state index contributed by atoms with van der Waals surface area (Å²) in [5.41, 5.74) is 1.42. The van der Waals surface area contributed by atoms with Crippen molar-refractivity contribution in [2.75, 3.05) is 19.6 Å². The molecule has 176 valence electrons. The van der Waals surface area contributed by atoms with Crippen molar-refractivity contribution < 1.29 is 24.3 Å². The molecule has 0 aliphatic carbocycles. The summed E-state index contributed by atoms with van der Waals surface area (Å²) in [4.78, 5) is 53.5. The van der Waals surface area contributed by atoms with Gasteiger partial charge in [-0.25, -0.2) is 0 Å². The van der Waals surface area contributed by atoms with Crippen LogP contribution in [0.4, 0.5) is 0 Å². The van der Waals surface area contributed by atoms with Gasteiger partial charge in [-0.3, -0.25) is 34.3 Å². The molecular weight excluding hydrogens is 436 g/mol. The second-order valence-electron chi connectivity index (χ2n) is 9.25. The van der Waals surface area contributed by atoms with Crippen molar-refractivity contribution in [3.05, 3.63) is 70.8 Å². The Labute approximate surface area is 196 Å². The summed E-state index contributed by atoms with van der Waals surface area (Å²) in [6.45, 7) is 2.30. The van der Waals surface area contributed by atoms with E-state index >= 15 is 0 Å². The molecular formula is C25H26N4O5.